The summed E-state index contributed by atoms with van der Waals surface area (Å²) in [4.78, 5) is 2.35. The number of likely N-dealkylation sites (tertiary alicyclic amines) is 1. The maximum atomic E-state index is 5.29. The van der Waals surface area contributed by atoms with Gasteiger partial charge in [-0.2, -0.15) is 0 Å². The second kappa shape index (κ2) is 4.04. The third kappa shape index (κ3) is 2.15. The highest BCUT2D eigenvalue weighted by molar-refractivity contribution is 4.84. The summed E-state index contributed by atoms with van der Waals surface area (Å²) in [6.45, 7) is 2.14. The van der Waals surface area contributed by atoms with Crippen molar-refractivity contribution >= 4 is 0 Å². The van der Waals surface area contributed by atoms with E-state index in [9.17, 15) is 0 Å². The van der Waals surface area contributed by atoms with Crippen LogP contribution >= 0.6 is 0 Å². The summed E-state index contributed by atoms with van der Waals surface area (Å²) in [5, 5.41) is 3.19. The third-order valence-corrected chi connectivity index (χ3v) is 2.42. The molecule has 0 aromatic carbocycles. The molecule has 1 fully saturated rings. The van der Waals surface area contributed by atoms with Gasteiger partial charge in [0.05, 0.1) is 6.10 Å². The summed E-state index contributed by atoms with van der Waals surface area (Å²) in [6, 6.07) is 0.657. The van der Waals surface area contributed by atoms with Crippen molar-refractivity contribution in [3.63, 3.8) is 0 Å². The molecule has 0 bridgehead atoms. The van der Waals surface area contributed by atoms with Crippen LogP contribution in [0.25, 0.3) is 0 Å². The highest BCUT2D eigenvalue weighted by Gasteiger charge is 2.28. The van der Waals surface area contributed by atoms with E-state index in [2.05, 4.69) is 17.3 Å². The van der Waals surface area contributed by atoms with Crippen molar-refractivity contribution in [2.45, 2.75) is 18.6 Å². The second-order valence-corrected chi connectivity index (χ2v) is 3.24. The molecule has 1 aliphatic heterocycles. The minimum atomic E-state index is 0.443. The fourth-order valence-electron chi connectivity index (χ4n) is 1.67. The summed E-state index contributed by atoms with van der Waals surface area (Å²) in [5.74, 6) is 0. The van der Waals surface area contributed by atoms with E-state index in [0.717, 1.165) is 19.5 Å². The van der Waals surface area contributed by atoms with Gasteiger partial charge in [-0.25, -0.2) is 0 Å². The molecule has 1 N–H and O–H groups in total. The van der Waals surface area contributed by atoms with Crippen LogP contribution in [0.5, 0.6) is 0 Å². The van der Waals surface area contributed by atoms with Gasteiger partial charge in [0.25, 0.3) is 0 Å². The van der Waals surface area contributed by atoms with Gasteiger partial charge in [0, 0.05) is 26.2 Å². The molecule has 3 nitrogen and oxygen atoms in total. The van der Waals surface area contributed by atoms with Crippen LogP contribution in [0.1, 0.15) is 6.42 Å². The first-order chi connectivity index (χ1) is 5.27. The number of hydrogen-bond acceptors (Lipinski definition) is 3. The average Bonchev–Trinajstić information content (AvgIpc) is 2.33. The van der Waals surface area contributed by atoms with Crippen molar-refractivity contribution in [2.24, 2.45) is 0 Å². The molecule has 0 saturated carbocycles. The van der Waals surface area contributed by atoms with Crippen LogP contribution in [0.15, 0.2) is 0 Å². The Labute approximate surface area is 68.7 Å². The lowest BCUT2D eigenvalue weighted by Crippen LogP contribution is -2.33. The van der Waals surface area contributed by atoms with Gasteiger partial charge in [0.2, 0.25) is 0 Å². The van der Waals surface area contributed by atoms with E-state index >= 15 is 0 Å². The normalized spacial score (nSPS) is 33.0. The Hall–Kier alpha value is -0.120. The molecule has 0 aromatic rings. The molecule has 66 valence electrons. The first-order valence-corrected chi connectivity index (χ1v) is 4.15. The largest absolute Gasteiger partial charge is 0.380 e. The third-order valence-electron chi connectivity index (χ3n) is 2.42. The topological polar surface area (TPSA) is 24.5 Å². The summed E-state index contributed by atoms with van der Waals surface area (Å²) in [5.41, 5.74) is 0. The molecule has 11 heavy (non-hydrogen) atoms. The first-order valence-electron chi connectivity index (χ1n) is 4.15. The fourth-order valence-corrected chi connectivity index (χ4v) is 1.67. The van der Waals surface area contributed by atoms with E-state index in [1.807, 2.05) is 7.05 Å². The second-order valence-electron chi connectivity index (χ2n) is 3.24. The Morgan fingerprint density at radius 1 is 1.64 bits per heavy atom. The van der Waals surface area contributed by atoms with Crippen molar-refractivity contribution in [2.75, 3.05) is 34.3 Å². The number of methoxy groups -OCH3 is 1. The van der Waals surface area contributed by atoms with Crippen LogP contribution in [-0.2, 0) is 4.74 Å². The number of rotatable bonds is 3. The Kier molecular flexibility index (Phi) is 3.30. The Morgan fingerprint density at radius 3 is 2.82 bits per heavy atom. The summed E-state index contributed by atoms with van der Waals surface area (Å²) in [7, 11) is 5.94. The van der Waals surface area contributed by atoms with E-state index < -0.39 is 0 Å². The Balaban J connectivity index is 2.32. The van der Waals surface area contributed by atoms with Crippen molar-refractivity contribution in [1.29, 1.82) is 0 Å². The number of ether oxygens (including phenoxy) is 1. The molecular weight excluding hydrogens is 140 g/mol. The summed E-state index contributed by atoms with van der Waals surface area (Å²) >= 11 is 0. The highest BCUT2D eigenvalue weighted by Crippen LogP contribution is 2.16. The van der Waals surface area contributed by atoms with Gasteiger partial charge in [0.15, 0.2) is 0 Å². The van der Waals surface area contributed by atoms with Gasteiger partial charge in [-0.05, 0) is 20.5 Å². The van der Waals surface area contributed by atoms with Crippen LogP contribution in [0.2, 0.25) is 0 Å². The maximum absolute atomic E-state index is 5.29. The average molecular weight is 158 g/mol. The standard InChI is InChI=1S/C8H18N2O/c1-9-5-7-4-8(11-3)6-10(7)2/h7-9H,4-6H2,1-3H3. The lowest BCUT2D eigenvalue weighted by Gasteiger charge is -2.17. The number of likely N-dealkylation sites (N-methyl/N-ethyl adjacent to an activating group) is 2. The maximum Gasteiger partial charge on any atom is 0.0713 e. The molecule has 1 rings (SSSR count). The minimum absolute atomic E-state index is 0.443. The molecule has 0 amide bonds. The molecule has 0 aliphatic carbocycles. The zero-order valence-electron chi connectivity index (χ0n) is 7.63. The predicted octanol–water partition coefficient (Wildman–Crippen LogP) is -0.0751. The molecule has 1 saturated heterocycles. The SMILES string of the molecule is CNCC1CC(OC)CN1C. The van der Waals surface area contributed by atoms with E-state index in [1.165, 1.54) is 0 Å². The zero-order chi connectivity index (χ0) is 8.27. The lowest BCUT2D eigenvalue weighted by molar-refractivity contribution is 0.111. The first kappa shape index (κ1) is 8.97. The zero-order valence-corrected chi connectivity index (χ0v) is 7.63. The molecule has 3 heteroatoms. The van der Waals surface area contributed by atoms with Crippen LogP contribution in [0.4, 0.5) is 0 Å². The van der Waals surface area contributed by atoms with E-state index in [0.29, 0.717) is 12.1 Å². The number of hydrogen-bond donors (Lipinski definition) is 1. The van der Waals surface area contributed by atoms with Crippen LogP contribution in [0, 0.1) is 0 Å². The molecule has 1 aliphatic rings. The highest BCUT2D eigenvalue weighted by atomic mass is 16.5. The molecule has 0 spiro atoms. The molecule has 2 atom stereocenters. The molecule has 0 radical (unpaired) electrons. The molecule has 2 unspecified atom stereocenters. The van der Waals surface area contributed by atoms with E-state index in [-0.39, 0.29) is 0 Å². The fraction of sp³-hybridized carbons (Fsp3) is 1.00. The van der Waals surface area contributed by atoms with Gasteiger partial charge in [-0.1, -0.05) is 0 Å². The number of nitrogens with zero attached hydrogens (tertiary/aromatic N) is 1. The van der Waals surface area contributed by atoms with Gasteiger partial charge < -0.3 is 10.1 Å². The Bertz CT molecular complexity index is 119. The quantitative estimate of drug-likeness (QED) is 0.622. The van der Waals surface area contributed by atoms with Gasteiger partial charge in [0.1, 0.15) is 0 Å². The van der Waals surface area contributed by atoms with Crippen molar-refractivity contribution < 1.29 is 4.74 Å². The predicted molar refractivity (Wildman–Crippen MR) is 45.8 cm³/mol. The van der Waals surface area contributed by atoms with Crippen LogP contribution < -0.4 is 5.32 Å². The number of nitrogens with one attached hydrogen (secondary N) is 1. The van der Waals surface area contributed by atoms with Crippen LogP contribution in [0.3, 0.4) is 0 Å². The summed E-state index contributed by atoms with van der Waals surface area (Å²) in [6.07, 6.45) is 1.60. The smallest absolute Gasteiger partial charge is 0.0713 e. The molecular formula is C8H18N2O. The minimum Gasteiger partial charge on any atom is -0.380 e. The van der Waals surface area contributed by atoms with E-state index in [1.54, 1.807) is 7.11 Å². The van der Waals surface area contributed by atoms with Crippen molar-refractivity contribution in [3.05, 3.63) is 0 Å². The lowest BCUT2D eigenvalue weighted by atomic mass is 10.2. The van der Waals surface area contributed by atoms with Crippen LogP contribution in [-0.4, -0.2) is 51.3 Å². The van der Waals surface area contributed by atoms with Crippen molar-refractivity contribution in [1.82, 2.24) is 10.2 Å². The van der Waals surface area contributed by atoms with Gasteiger partial charge >= 0.3 is 0 Å². The monoisotopic (exact) mass is 158 g/mol. The van der Waals surface area contributed by atoms with E-state index in [4.69, 9.17) is 4.74 Å². The van der Waals surface area contributed by atoms with Gasteiger partial charge in [-0.3, -0.25) is 4.90 Å². The summed E-state index contributed by atoms with van der Waals surface area (Å²) < 4.78 is 5.29. The Morgan fingerprint density at radius 2 is 2.36 bits per heavy atom. The van der Waals surface area contributed by atoms with Crippen molar-refractivity contribution in [3.8, 4) is 0 Å². The molecule has 1 heterocycles. The van der Waals surface area contributed by atoms with Gasteiger partial charge in [-0.15, -0.1) is 0 Å². The molecule has 0 aromatic heterocycles.